The summed E-state index contributed by atoms with van der Waals surface area (Å²) in [6.07, 6.45) is 3.64. The Bertz CT molecular complexity index is 532. The lowest BCUT2D eigenvalue weighted by atomic mass is 10.4. The Kier molecular flexibility index (Phi) is 3.14. The molecule has 2 heterocycles. The van der Waals surface area contributed by atoms with Gasteiger partial charge in [0.25, 0.3) is 0 Å². The molecule has 0 aliphatic rings. The molecule has 2 aromatic heterocycles. The molecule has 0 saturated heterocycles. The third-order valence-electron chi connectivity index (χ3n) is 2.54. The number of imidazole rings is 1. The highest BCUT2D eigenvalue weighted by Gasteiger charge is 2.11. The summed E-state index contributed by atoms with van der Waals surface area (Å²) in [4.78, 5) is 17.3. The summed E-state index contributed by atoms with van der Waals surface area (Å²) in [5.74, 6) is 0.0576. The van der Waals surface area contributed by atoms with Crippen LogP contribution in [0.2, 0.25) is 0 Å². The Morgan fingerprint density at radius 3 is 2.94 bits per heavy atom. The van der Waals surface area contributed by atoms with Gasteiger partial charge in [0.05, 0.1) is 6.54 Å². The maximum Gasteiger partial charge on any atom is 0.345 e. The molecule has 0 saturated carbocycles. The van der Waals surface area contributed by atoms with E-state index < -0.39 is 5.97 Å². The molecule has 17 heavy (non-hydrogen) atoms. The Hall–Kier alpha value is -1.82. The predicted molar refractivity (Wildman–Crippen MR) is 66.6 cm³/mol. The first-order chi connectivity index (χ1) is 8.08. The fourth-order valence-corrected chi connectivity index (χ4v) is 2.28. The summed E-state index contributed by atoms with van der Waals surface area (Å²) < 4.78 is 1.95. The number of carboxylic acids is 1. The monoisotopic (exact) mass is 251 g/mol. The topological polar surface area (TPSA) is 58.4 Å². The van der Waals surface area contributed by atoms with Crippen molar-refractivity contribution < 1.29 is 9.90 Å². The molecule has 0 aliphatic carbocycles. The first-order valence-corrected chi connectivity index (χ1v) is 5.95. The summed E-state index contributed by atoms with van der Waals surface area (Å²) in [7, 11) is 3.86. The molecule has 2 rings (SSSR count). The van der Waals surface area contributed by atoms with Gasteiger partial charge in [-0.25, -0.2) is 9.78 Å². The fraction of sp³-hybridized carbons (Fsp3) is 0.273. The molecule has 2 aromatic rings. The van der Waals surface area contributed by atoms with Gasteiger partial charge in [-0.1, -0.05) is 0 Å². The Balaban J connectivity index is 2.12. The van der Waals surface area contributed by atoms with Gasteiger partial charge < -0.3 is 14.6 Å². The Morgan fingerprint density at radius 1 is 1.65 bits per heavy atom. The minimum Gasteiger partial charge on any atom is -0.477 e. The first kappa shape index (κ1) is 11.7. The minimum absolute atomic E-state index is 0.353. The van der Waals surface area contributed by atoms with Crippen molar-refractivity contribution in [3.05, 3.63) is 34.5 Å². The standard InChI is InChI=1S/C11H13N3O2S/c1-13-4-3-12-10(13)6-14(2)8-5-9(11(15)16)17-7-8/h3-5,7H,6H2,1-2H3,(H,15,16). The zero-order valence-electron chi connectivity index (χ0n) is 9.62. The van der Waals surface area contributed by atoms with E-state index in [4.69, 9.17) is 5.11 Å². The number of rotatable bonds is 4. The number of anilines is 1. The highest BCUT2D eigenvalue weighted by Crippen LogP contribution is 2.23. The maximum absolute atomic E-state index is 10.8. The molecule has 5 nitrogen and oxygen atoms in total. The minimum atomic E-state index is -0.883. The molecule has 1 N–H and O–H groups in total. The smallest absolute Gasteiger partial charge is 0.345 e. The van der Waals surface area contributed by atoms with E-state index in [1.165, 1.54) is 11.3 Å². The van der Waals surface area contributed by atoms with Crippen molar-refractivity contribution in [1.29, 1.82) is 0 Å². The van der Waals surface area contributed by atoms with Crippen molar-refractivity contribution in [2.24, 2.45) is 7.05 Å². The van der Waals surface area contributed by atoms with Gasteiger partial charge in [-0.05, 0) is 6.07 Å². The second kappa shape index (κ2) is 4.58. The fourth-order valence-electron chi connectivity index (χ4n) is 1.49. The van der Waals surface area contributed by atoms with Crippen molar-refractivity contribution in [2.75, 3.05) is 11.9 Å². The van der Waals surface area contributed by atoms with Crippen LogP contribution in [0.25, 0.3) is 0 Å². The number of aromatic nitrogens is 2. The summed E-state index contributed by atoms with van der Waals surface area (Å²) in [6, 6.07) is 1.68. The Labute approximate surface area is 103 Å². The maximum atomic E-state index is 10.8. The lowest BCUT2D eigenvalue weighted by Gasteiger charge is -2.16. The van der Waals surface area contributed by atoms with Crippen molar-refractivity contribution in [1.82, 2.24) is 9.55 Å². The molecule has 0 amide bonds. The van der Waals surface area contributed by atoms with Gasteiger partial charge in [0.1, 0.15) is 10.7 Å². The zero-order chi connectivity index (χ0) is 12.4. The Morgan fingerprint density at radius 2 is 2.41 bits per heavy atom. The molecule has 6 heteroatoms. The summed E-state index contributed by atoms with van der Waals surface area (Å²) in [5, 5.41) is 10.7. The van der Waals surface area contributed by atoms with E-state index in [-0.39, 0.29) is 0 Å². The third kappa shape index (κ3) is 2.47. The predicted octanol–water partition coefficient (Wildman–Crippen LogP) is 1.82. The van der Waals surface area contributed by atoms with E-state index in [1.807, 2.05) is 35.1 Å². The van der Waals surface area contributed by atoms with E-state index in [2.05, 4.69) is 4.98 Å². The van der Waals surface area contributed by atoms with Crippen LogP contribution in [0, 0.1) is 0 Å². The first-order valence-electron chi connectivity index (χ1n) is 5.07. The van der Waals surface area contributed by atoms with Crippen molar-refractivity contribution >= 4 is 23.0 Å². The van der Waals surface area contributed by atoms with Crippen LogP contribution in [0.4, 0.5) is 5.69 Å². The van der Waals surface area contributed by atoms with Crippen molar-refractivity contribution in [3.8, 4) is 0 Å². The number of carboxylic acid groups (broad SMARTS) is 1. The van der Waals surface area contributed by atoms with E-state index in [9.17, 15) is 4.79 Å². The molecule has 0 bridgehead atoms. The average Bonchev–Trinajstić information content (AvgIpc) is 2.88. The highest BCUT2D eigenvalue weighted by molar-refractivity contribution is 7.12. The zero-order valence-corrected chi connectivity index (χ0v) is 10.4. The summed E-state index contributed by atoms with van der Waals surface area (Å²) in [6.45, 7) is 0.652. The van der Waals surface area contributed by atoms with Crippen LogP contribution in [-0.2, 0) is 13.6 Å². The number of aromatic carboxylic acids is 1. The van der Waals surface area contributed by atoms with Crippen molar-refractivity contribution in [2.45, 2.75) is 6.54 Å². The van der Waals surface area contributed by atoms with Crippen molar-refractivity contribution in [3.63, 3.8) is 0 Å². The lowest BCUT2D eigenvalue weighted by Crippen LogP contribution is -2.18. The van der Waals surface area contributed by atoms with Gasteiger partial charge in [0, 0.05) is 37.6 Å². The van der Waals surface area contributed by atoms with Crippen LogP contribution >= 0.6 is 11.3 Å². The molecule has 0 radical (unpaired) electrons. The third-order valence-corrected chi connectivity index (χ3v) is 3.44. The number of carbonyl (C=O) groups is 1. The van der Waals surface area contributed by atoms with Gasteiger partial charge in [-0.2, -0.15) is 0 Å². The summed E-state index contributed by atoms with van der Waals surface area (Å²) >= 11 is 1.23. The van der Waals surface area contributed by atoms with Gasteiger partial charge in [0.15, 0.2) is 0 Å². The molecule has 0 spiro atoms. The SMILES string of the molecule is CN(Cc1nccn1C)c1csc(C(=O)O)c1. The van der Waals surface area contributed by atoms with Gasteiger partial charge in [-0.3, -0.25) is 0 Å². The normalized spacial score (nSPS) is 10.5. The van der Waals surface area contributed by atoms with Crippen LogP contribution in [0.1, 0.15) is 15.5 Å². The van der Waals surface area contributed by atoms with Crippen LogP contribution in [0.15, 0.2) is 23.8 Å². The molecular weight excluding hydrogens is 238 g/mol. The molecule has 0 fully saturated rings. The number of nitrogens with zero attached hydrogens (tertiary/aromatic N) is 3. The molecule has 90 valence electrons. The molecule has 0 aromatic carbocycles. The number of thiophene rings is 1. The highest BCUT2D eigenvalue weighted by atomic mass is 32.1. The van der Waals surface area contributed by atoms with Crippen LogP contribution in [0.5, 0.6) is 0 Å². The van der Waals surface area contributed by atoms with Crippen LogP contribution < -0.4 is 4.90 Å². The van der Waals surface area contributed by atoms with E-state index in [1.54, 1.807) is 12.3 Å². The number of aryl methyl sites for hydroxylation is 1. The second-order valence-corrected chi connectivity index (χ2v) is 4.70. The van der Waals surface area contributed by atoms with Crippen LogP contribution in [-0.4, -0.2) is 27.7 Å². The molecule has 0 aliphatic heterocycles. The second-order valence-electron chi connectivity index (χ2n) is 3.78. The largest absolute Gasteiger partial charge is 0.477 e. The van der Waals surface area contributed by atoms with E-state index in [0.717, 1.165) is 11.5 Å². The van der Waals surface area contributed by atoms with Gasteiger partial charge in [-0.15, -0.1) is 11.3 Å². The van der Waals surface area contributed by atoms with E-state index in [0.29, 0.717) is 11.4 Å². The average molecular weight is 251 g/mol. The molecule has 0 unspecified atom stereocenters. The quantitative estimate of drug-likeness (QED) is 0.900. The number of hydrogen-bond acceptors (Lipinski definition) is 4. The molecular formula is C11H13N3O2S. The molecule has 0 atom stereocenters. The van der Waals surface area contributed by atoms with Crippen LogP contribution in [0.3, 0.4) is 0 Å². The van der Waals surface area contributed by atoms with Gasteiger partial charge in [0.2, 0.25) is 0 Å². The number of hydrogen-bond donors (Lipinski definition) is 1. The van der Waals surface area contributed by atoms with E-state index >= 15 is 0 Å². The van der Waals surface area contributed by atoms with Gasteiger partial charge >= 0.3 is 5.97 Å². The lowest BCUT2D eigenvalue weighted by molar-refractivity contribution is 0.0702. The summed E-state index contributed by atoms with van der Waals surface area (Å²) in [5.41, 5.74) is 0.899.